The summed E-state index contributed by atoms with van der Waals surface area (Å²) in [5, 5.41) is 4.35. The lowest BCUT2D eigenvalue weighted by atomic mass is 9.93. The Morgan fingerprint density at radius 3 is 2.73 bits per heavy atom. The van der Waals surface area contributed by atoms with E-state index in [1.165, 1.54) is 31.2 Å². The van der Waals surface area contributed by atoms with Gasteiger partial charge in [-0.2, -0.15) is 0 Å². The van der Waals surface area contributed by atoms with Gasteiger partial charge in [0.05, 0.1) is 10.7 Å². The van der Waals surface area contributed by atoms with Gasteiger partial charge in [-0.05, 0) is 43.4 Å². The van der Waals surface area contributed by atoms with E-state index >= 15 is 0 Å². The number of hydrogen-bond acceptors (Lipinski definition) is 1. The highest BCUT2D eigenvalue weighted by molar-refractivity contribution is 6.33. The fraction of sp³-hybridized carbons (Fsp3) is 0.538. The summed E-state index contributed by atoms with van der Waals surface area (Å²) in [6.45, 7) is 2.19. The summed E-state index contributed by atoms with van der Waals surface area (Å²) in [5.74, 6) is 0. The van der Waals surface area contributed by atoms with Gasteiger partial charge in [0.1, 0.15) is 0 Å². The Hall–Kier alpha value is -0.690. The number of benzene rings is 1. The number of rotatable bonds is 4. The van der Waals surface area contributed by atoms with Crippen molar-refractivity contribution in [3.8, 4) is 0 Å². The molecule has 0 radical (unpaired) electrons. The van der Waals surface area contributed by atoms with Gasteiger partial charge in [0, 0.05) is 6.04 Å². The second-order valence-corrected chi connectivity index (χ2v) is 4.74. The number of halogens is 1. The Morgan fingerprint density at radius 2 is 2.20 bits per heavy atom. The Kier molecular flexibility index (Phi) is 3.53. The van der Waals surface area contributed by atoms with Crippen LogP contribution in [-0.2, 0) is 6.42 Å². The normalized spacial score (nSPS) is 16.1. The fourth-order valence-corrected chi connectivity index (χ4v) is 2.15. The lowest BCUT2D eigenvalue weighted by Crippen LogP contribution is -2.27. The molecular weight excluding hydrogens is 206 g/mol. The lowest BCUT2D eigenvalue weighted by Gasteiger charge is -2.28. The summed E-state index contributed by atoms with van der Waals surface area (Å²) in [6, 6.07) is 7.04. The van der Waals surface area contributed by atoms with Gasteiger partial charge in [-0.25, -0.2) is 0 Å². The molecule has 1 nitrogen and oxygen atoms in total. The van der Waals surface area contributed by atoms with Crippen molar-refractivity contribution in [1.82, 2.24) is 0 Å². The molecule has 0 spiro atoms. The first-order valence-electron chi connectivity index (χ1n) is 5.84. The van der Waals surface area contributed by atoms with Crippen LogP contribution in [0, 0.1) is 0 Å². The van der Waals surface area contributed by atoms with Gasteiger partial charge in [0.2, 0.25) is 0 Å². The van der Waals surface area contributed by atoms with E-state index in [1.807, 2.05) is 0 Å². The molecule has 0 atom stereocenters. The molecule has 2 heteroatoms. The van der Waals surface area contributed by atoms with Gasteiger partial charge in [0.25, 0.3) is 0 Å². The molecule has 0 amide bonds. The van der Waals surface area contributed by atoms with Gasteiger partial charge < -0.3 is 5.32 Å². The van der Waals surface area contributed by atoms with Crippen LogP contribution in [0.2, 0.25) is 5.02 Å². The van der Waals surface area contributed by atoms with Crippen LogP contribution < -0.4 is 5.32 Å². The topological polar surface area (TPSA) is 12.0 Å². The Labute approximate surface area is 96.8 Å². The molecule has 0 bridgehead atoms. The molecular formula is C13H18ClN. The van der Waals surface area contributed by atoms with Crippen LogP contribution in [0.25, 0.3) is 0 Å². The van der Waals surface area contributed by atoms with Gasteiger partial charge >= 0.3 is 0 Å². The standard InChI is InChI=1S/C13H18ClN/c1-2-4-10-7-8-13(12(14)9-10)15-11-5-3-6-11/h7-9,11,15H,2-6H2,1H3. The summed E-state index contributed by atoms with van der Waals surface area (Å²) in [4.78, 5) is 0. The zero-order valence-corrected chi connectivity index (χ0v) is 9.98. The molecule has 2 rings (SSSR count). The van der Waals surface area contributed by atoms with Gasteiger partial charge in [-0.1, -0.05) is 31.0 Å². The minimum atomic E-state index is 0.652. The highest BCUT2D eigenvalue weighted by Crippen LogP contribution is 2.28. The maximum atomic E-state index is 6.23. The second-order valence-electron chi connectivity index (χ2n) is 4.34. The minimum Gasteiger partial charge on any atom is -0.381 e. The van der Waals surface area contributed by atoms with Crippen molar-refractivity contribution < 1.29 is 0 Å². The van der Waals surface area contributed by atoms with Crippen LogP contribution in [0.1, 0.15) is 38.2 Å². The molecule has 0 heterocycles. The third kappa shape index (κ3) is 2.66. The maximum absolute atomic E-state index is 6.23. The largest absolute Gasteiger partial charge is 0.381 e. The monoisotopic (exact) mass is 223 g/mol. The first-order chi connectivity index (χ1) is 7.29. The van der Waals surface area contributed by atoms with E-state index in [-0.39, 0.29) is 0 Å². The fourth-order valence-electron chi connectivity index (χ4n) is 1.89. The zero-order valence-electron chi connectivity index (χ0n) is 9.22. The number of anilines is 1. The highest BCUT2D eigenvalue weighted by Gasteiger charge is 2.17. The van der Waals surface area contributed by atoms with E-state index in [1.54, 1.807) is 0 Å². The molecule has 1 saturated carbocycles. The van der Waals surface area contributed by atoms with Gasteiger partial charge in [-0.3, -0.25) is 0 Å². The van der Waals surface area contributed by atoms with Gasteiger partial charge in [0.15, 0.2) is 0 Å². The minimum absolute atomic E-state index is 0.652. The molecule has 15 heavy (non-hydrogen) atoms. The summed E-state index contributed by atoms with van der Waals surface area (Å²) < 4.78 is 0. The second kappa shape index (κ2) is 4.89. The summed E-state index contributed by atoms with van der Waals surface area (Å²) in [5.41, 5.74) is 2.43. The SMILES string of the molecule is CCCc1ccc(NC2CCC2)c(Cl)c1. The average Bonchev–Trinajstić information content (AvgIpc) is 2.14. The maximum Gasteiger partial charge on any atom is 0.0640 e. The summed E-state index contributed by atoms with van der Waals surface area (Å²) >= 11 is 6.23. The first kappa shape index (κ1) is 10.8. The van der Waals surface area contributed by atoms with E-state index in [9.17, 15) is 0 Å². The van der Waals surface area contributed by atoms with E-state index in [4.69, 9.17) is 11.6 Å². The summed E-state index contributed by atoms with van der Waals surface area (Å²) in [6.07, 6.45) is 6.21. The molecule has 0 unspecified atom stereocenters. The zero-order chi connectivity index (χ0) is 10.7. The van der Waals surface area contributed by atoms with E-state index < -0.39 is 0 Å². The van der Waals surface area contributed by atoms with Crippen molar-refractivity contribution >= 4 is 17.3 Å². The molecule has 1 aliphatic carbocycles. The molecule has 0 saturated heterocycles. The first-order valence-corrected chi connectivity index (χ1v) is 6.22. The van der Waals surface area contributed by atoms with Gasteiger partial charge in [-0.15, -0.1) is 0 Å². The van der Waals surface area contributed by atoms with E-state index in [0.29, 0.717) is 6.04 Å². The van der Waals surface area contributed by atoms with Crippen molar-refractivity contribution in [3.63, 3.8) is 0 Å². The average molecular weight is 224 g/mol. The van der Waals surface area contributed by atoms with Crippen LogP contribution in [-0.4, -0.2) is 6.04 Å². The van der Waals surface area contributed by atoms with Crippen LogP contribution in [0.4, 0.5) is 5.69 Å². The van der Waals surface area contributed by atoms with Crippen molar-refractivity contribution in [2.24, 2.45) is 0 Å². The molecule has 1 aromatic carbocycles. The van der Waals surface area contributed by atoms with Crippen LogP contribution >= 0.6 is 11.6 Å². The Bertz CT molecular complexity index is 331. The highest BCUT2D eigenvalue weighted by atomic mass is 35.5. The van der Waals surface area contributed by atoms with Crippen LogP contribution in [0.15, 0.2) is 18.2 Å². The molecule has 82 valence electrons. The third-order valence-electron chi connectivity index (χ3n) is 3.04. The predicted octanol–water partition coefficient (Wildman–Crippen LogP) is 4.26. The molecule has 1 aromatic rings. The summed E-state index contributed by atoms with van der Waals surface area (Å²) in [7, 11) is 0. The van der Waals surface area contributed by atoms with Crippen molar-refractivity contribution in [2.45, 2.75) is 45.1 Å². The molecule has 1 N–H and O–H groups in total. The van der Waals surface area contributed by atoms with Crippen LogP contribution in [0.3, 0.4) is 0 Å². The third-order valence-corrected chi connectivity index (χ3v) is 3.35. The predicted molar refractivity (Wildman–Crippen MR) is 66.7 cm³/mol. The number of hydrogen-bond donors (Lipinski definition) is 1. The Balaban J connectivity index is 2.04. The molecule has 1 fully saturated rings. The number of nitrogens with one attached hydrogen (secondary N) is 1. The van der Waals surface area contributed by atoms with Crippen molar-refractivity contribution in [1.29, 1.82) is 0 Å². The molecule has 1 aliphatic rings. The smallest absolute Gasteiger partial charge is 0.0640 e. The van der Waals surface area contributed by atoms with Crippen LogP contribution in [0.5, 0.6) is 0 Å². The molecule has 0 aliphatic heterocycles. The number of aryl methyl sites for hydroxylation is 1. The van der Waals surface area contributed by atoms with Crippen molar-refractivity contribution in [3.05, 3.63) is 28.8 Å². The quantitative estimate of drug-likeness (QED) is 0.805. The van der Waals surface area contributed by atoms with E-state index in [2.05, 4.69) is 30.4 Å². The lowest BCUT2D eigenvalue weighted by molar-refractivity contribution is 0.445. The van der Waals surface area contributed by atoms with Crippen molar-refractivity contribution in [2.75, 3.05) is 5.32 Å². The Morgan fingerprint density at radius 1 is 1.40 bits per heavy atom. The van der Waals surface area contributed by atoms with E-state index in [0.717, 1.165) is 17.1 Å². The molecule has 0 aromatic heterocycles.